The van der Waals surface area contributed by atoms with Gasteiger partial charge in [-0.3, -0.25) is 0 Å². The lowest BCUT2D eigenvalue weighted by atomic mass is 10.1. The van der Waals surface area contributed by atoms with E-state index in [1.165, 1.54) is 5.56 Å². The maximum absolute atomic E-state index is 11.1. The highest BCUT2D eigenvalue weighted by molar-refractivity contribution is 8.13. The molecular formula is C15H23ClO3S. The number of hydrogen-bond acceptors (Lipinski definition) is 3. The van der Waals surface area contributed by atoms with E-state index in [9.17, 15) is 8.42 Å². The molecule has 1 unspecified atom stereocenters. The van der Waals surface area contributed by atoms with Crippen molar-refractivity contribution in [2.75, 3.05) is 19.0 Å². The molecule has 0 aliphatic carbocycles. The van der Waals surface area contributed by atoms with Gasteiger partial charge in [0.25, 0.3) is 0 Å². The molecule has 114 valence electrons. The SMILES string of the molecule is CCCC(COCCCc1ccccc1)CS(=O)(=O)Cl. The number of aryl methyl sites for hydroxylation is 1. The first kappa shape index (κ1) is 17.5. The molecule has 0 saturated carbocycles. The standard InChI is InChI=1S/C15H23ClO3S/c1-2-7-15(13-20(16,17)18)12-19-11-6-10-14-8-4-3-5-9-14/h3-5,8-9,15H,2,6-7,10-13H2,1H3. The van der Waals surface area contributed by atoms with Crippen LogP contribution in [0.3, 0.4) is 0 Å². The van der Waals surface area contributed by atoms with Gasteiger partial charge in [-0.25, -0.2) is 8.42 Å². The van der Waals surface area contributed by atoms with Gasteiger partial charge in [0.2, 0.25) is 9.05 Å². The summed E-state index contributed by atoms with van der Waals surface area (Å²) in [6, 6.07) is 10.2. The number of ether oxygens (including phenoxy) is 1. The Kier molecular flexibility index (Phi) is 8.19. The highest BCUT2D eigenvalue weighted by Gasteiger charge is 2.16. The predicted octanol–water partition coefficient (Wildman–Crippen LogP) is 3.62. The van der Waals surface area contributed by atoms with Gasteiger partial charge in [-0.2, -0.15) is 0 Å². The van der Waals surface area contributed by atoms with Gasteiger partial charge in [0.05, 0.1) is 12.4 Å². The summed E-state index contributed by atoms with van der Waals surface area (Å²) in [4.78, 5) is 0. The summed E-state index contributed by atoms with van der Waals surface area (Å²) in [5.41, 5.74) is 1.30. The molecule has 1 aromatic rings. The first-order valence-corrected chi connectivity index (χ1v) is 9.53. The first-order chi connectivity index (χ1) is 9.51. The normalized spacial score (nSPS) is 13.3. The van der Waals surface area contributed by atoms with E-state index in [0.29, 0.717) is 13.2 Å². The van der Waals surface area contributed by atoms with Crippen molar-refractivity contribution >= 4 is 19.7 Å². The molecule has 0 heterocycles. The van der Waals surface area contributed by atoms with Crippen LogP contribution in [0.15, 0.2) is 30.3 Å². The summed E-state index contributed by atoms with van der Waals surface area (Å²) in [5.74, 6) is 0.000355. The van der Waals surface area contributed by atoms with E-state index in [1.807, 2.05) is 25.1 Å². The molecule has 20 heavy (non-hydrogen) atoms. The third kappa shape index (κ3) is 8.56. The van der Waals surface area contributed by atoms with E-state index in [-0.39, 0.29) is 11.7 Å². The van der Waals surface area contributed by atoms with Gasteiger partial charge in [0.15, 0.2) is 0 Å². The van der Waals surface area contributed by atoms with Gasteiger partial charge in [-0.05, 0) is 30.7 Å². The molecule has 1 rings (SSSR count). The Hall–Kier alpha value is -0.580. The largest absolute Gasteiger partial charge is 0.381 e. The van der Waals surface area contributed by atoms with Crippen molar-refractivity contribution in [2.24, 2.45) is 5.92 Å². The van der Waals surface area contributed by atoms with Crippen molar-refractivity contribution in [2.45, 2.75) is 32.6 Å². The van der Waals surface area contributed by atoms with E-state index in [2.05, 4.69) is 12.1 Å². The third-order valence-corrected chi connectivity index (χ3v) is 4.33. The summed E-state index contributed by atoms with van der Waals surface area (Å²) in [6.45, 7) is 3.15. The summed E-state index contributed by atoms with van der Waals surface area (Å²) >= 11 is 0. The number of rotatable bonds is 10. The Morgan fingerprint density at radius 2 is 1.95 bits per heavy atom. The lowest BCUT2D eigenvalue weighted by Crippen LogP contribution is -2.18. The average molecular weight is 319 g/mol. The van der Waals surface area contributed by atoms with Crippen molar-refractivity contribution in [1.82, 2.24) is 0 Å². The third-order valence-electron chi connectivity index (χ3n) is 3.08. The monoisotopic (exact) mass is 318 g/mol. The van der Waals surface area contributed by atoms with Crippen LogP contribution in [-0.4, -0.2) is 27.4 Å². The molecule has 0 aromatic heterocycles. The summed E-state index contributed by atoms with van der Waals surface area (Å²) in [7, 11) is 1.86. The van der Waals surface area contributed by atoms with Crippen LogP contribution in [0, 0.1) is 5.92 Å². The molecule has 0 aliphatic rings. The van der Waals surface area contributed by atoms with E-state index in [4.69, 9.17) is 15.4 Å². The fourth-order valence-electron chi connectivity index (χ4n) is 2.18. The van der Waals surface area contributed by atoms with Crippen LogP contribution in [0.1, 0.15) is 31.7 Å². The van der Waals surface area contributed by atoms with Crippen LogP contribution in [0.4, 0.5) is 0 Å². The highest BCUT2D eigenvalue weighted by Crippen LogP contribution is 2.13. The van der Waals surface area contributed by atoms with Crippen LogP contribution in [-0.2, 0) is 20.2 Å². The number of hydrogen-bond donors (Lipinski definition) is 0. The van der Waals surface area contributed by atoms with Crippen LogP contribution in [0.25, 0.3) is 0 Å². The summed E-state index contributed by atoms with van der Waals surface area (Å²) < 4.78 is 27.8. The molecular weight excluding hydrogens is 296 g/mol. The Labute approximate surface area is 126 Å². The van der Waals surface area contributed by atoms with Crippen molar-refractivity contribution in [3.05, 3.63) is 35.9 Å². The molecule has 0 saturated heterocycles. The van der Waals surface area contributed by atoms with Gasteiger partial charge < -0.3 is 4.74 Å². The van der Waals surface area contributed by atoms with Gasteiger partial charge in [0.1, 0.15) is 0 Å². The van der Waals surface area contributed by atoms with Crippen molar-refractivity contribution in [1.29, 1.82) is 0 Å². The lowest BCUT2D eigenvalue weighted by molar-refractivity contribution is 0.101. The Bertz CT molecular complexity index is 459. The molecule has 0 spiro atoms. The maximum atomic E-state index is 11.1. The first-order valence-electron chi connectivity index (χ1n) is 7.05. The molecule has 0 N–H and O–H groups in total. The zero-order chi connectivity index (χ0) is 14.8. The second kappa shape index (κ2) is 9.37. The van der Waals surface area contributed by atoms with Crippen molar-refractivity contribution in [3.8, 4) is 0 Å². The number of halogens is 1. The Balaban J connectivity index is 2.20. The molecule has 0 bridgehead atoms. The van der Waals surface area contributed by atoms with Crippen LogP contribution >= 0.6 is 10.7 Å². The van der Waals surface area contributed by atoms with E-state index >= 15 is 0 Å². The average Bonchev–Trinajstić information content (AvgIpc) is 2.38. The minimum atomic E-state index is -3.44. The molecule has 1 aromatic carbocycles. The van der Waals surface area contributed by atoms with Crippen LogP contribution in [0.5, 0.6) is 0 Å². The van der Waals surface area contributed by atoms with Crippen LogP contribution in [0.2, 0.25) is 0 Å². The van der Waals surface area contributed by atoms with E-state index < -0.39 is 9.05 Å². The van der Waals surface area contributed by atoms with Gasteiger partial charge >= 0.3 is 0 Å². The smallest absolute Gasteiger partial charge is 0.232 e. The second-order valence-corrected chi connectivity index (χ2v) is 7.85. The fourth-order valence-corrected chi connectivity index (χ4v) is 3.54. The predicted molar refractivity (Wildman–Crippen MR) is 83.6 cm³/mol. The molecule has 0 fully saturated rings. The van der Waals surface area contributed by atoms with Gasteiger partial charge in [-0.1, -0.05) is 43.7 Å². The molecule has 3 nitrogen and oxygen atoms in total. The van der Waals surface area contributed by atoms with Crippen molar-refractivity contribution in [3.63, 3.8) is 0 Å². The Morgan fingerprint density at radius 3 is 2.55 bits per heavy atom. The zero-order valence-electron chi connectivity index (χ0n) is 11.9. The van der Waals surface area contributed by atoms with Crippen molar-refractivity contribution < 1.29 is 13.2 Å². The second-order valence-electron chi connectivity index (χ2n) is 5.02. The lowest BCUT2D eigenvalue weighted by Gasteiger charge is -2.14. The molecule has 0 aliphatic heterocycles. The van der Waals surface area contributed by atoms with Crippen LogP contribution < -0.4 is 0 Å². The molecule has 0 radical (unpaired) electrons. The minimum Gasteiger partial charge on any atom is -0.381 e. The van der Waals surface area contributed by atoms with E-state index in [0.717, 1.165) is 25.7 Å². The topological polar surface area (TPSA) is 43.4 Å². The molecule has 1 atom stereocenters. The summed E-state index contributed by atoms with van der Waals surface area (Å²) in [5, 5.41) is 0. The quantitative estimate of drug-likeness (QED) is 0.489. The minimum absolute atomic E-state index is 0.000717. The summed E-state index contributed by atoms with van der Waals surface area (Å²) in [6.07, 6.45) is 3.68. The maximum Gasteiger partial charge on any atom is 0.232 e. The fraction of sp³-hybridized carbons (Fsp3) is 0.600. The number of benzene rings is 1. The van der Waals surface area contributed by atoms with Gasteiger partial charge in [0, 0.05) is 17.3 Å². The van der Waals surface area contributed by atoms with E-state index in [1.54, 1.807) is 0 Å². The molecule has 5 heteroatoms. The Morgan fingerprint density at radius 1 is 1.25 bits per heavy atom. The molecule has 0 amide bonds. The highest BCUT2D eigenvalue weighted by atomic mass is 35.7. The zero-order valence-corrected chi connectivity index (χ0v) is 13.5. The van der Waals surface area contributed by atoms with Gasteiger partial charge in [-0.15, -0.1) is 0 Å².